The fraction of sp³-hybridized carbons (Fsp3) is 0.949. The topological polar surface area (TPSA) is 237 Å². The van der Waals surface area contributed by atoms with Gasteiger partial charge < -0.3 is 33.8 Å². The maximum absolute atomic E-state index is 13.1. The van der Waals surface area contributed by atoms with Gasteiger partial charge in [0.2, 0.25) is 0 Å². The molecule has 0 saturated carbocycles. The molecular weight excluding hydrogens is 1270 g/mol. The van der Waals surface area contributed by atoms with Gasteiger partial charge in [-0.05, 0) is 25.7 Å². The van der Waals surface area contributed by atoms with Gasteiger partial charge in [0.1, 0.15) is 19.3 Å². The van der Waals surface area contributed by atoms with Crippen molar-refractivity contribution in [1.82, 2.24) is 0 Å². The van der Waals surface area contributed by atoms with E-state index in [-0.39, 0.29) is 25.7 Å². The van der Waals surface area contributed by atoms with Crippen molar-refractivity contribution >= 4 is 39.5 Å². The number of aliphatic hydroxyl groups excluding tert-OH is 1. The van der Waals surface area contributed by atoms with E-state index in [0.717, 1.165) is 89.9 Å². The molecule has 3 N–H and O–H groups in total. The van der Waals surface area contributed by atoms with E-state index < -0.39 is 97.5 Å². The van der Waals surface area contributed by atoms with E-state index in [9.17, 15) is 43.2 Å². The average Bonchev–Trinajstić information content (AvgIpc) is 3.76. The number of unbranched alkanes of at least 4 members (excludes halogenated alkanes) is 53. The number of phosphoric acid groups is 2. The molecule has 0 radical (unpaired) electrons. The molecule has 0 spiro atoms. The minimum atomic E-state index is -4.96. The first-order valence-electron chi connectivity index (χ1n) is 40.8. The second kappa shape index (κ2) is 72.4. The van der Waals surface area contributed by atoms with Crippen LogP contribution in [0.4, 0.5) is 0 Å². The summed E-state index contributed by atoms with van der Waals surface area (Å²) >= 11 is 0. The maximum Gasteiger partial charge on any atom is 0.472 e. The highest BCUT2D eigenvalue weighted by Crippen LogP contribution is 2.45. The SMILES string of the molecule is CCCCCCCCCCCCCCCCCCCC(=O)O[C@H](COC(=O)CCCCCCCCCCCCCCCCCC)COP(=O)(O)OC[C@@H](O)COP(=O)(O)OC[C@@H](COC(=O)CCCCCCCCCCC)OC(=O)CCCCCCCCCCCCCCCCC. The molecule has 17 nitrogen and oxygen atoms in total. The van der Waals surface area contributed by atoms with Crippen LogP contribution in [0, 0.1) is 0 Å². The smallest absolute Gasteiger partial charge is 0.462 e. The summed E-state index contributed by atoms with van der Waals surface area (Å²) in [6.07, 6.45) is 63.7. The van der Waals surface area contributed by atoms with Crippen molar-refractivity contribution in [3.8, 4) is 0 Å². The van der Waals surface area contributed by atoms with Crippen LogP contribution in [0.1, 0.15) is 419 Å². The predicted molar refractivity (Wildman–Crippen MR) is 395 cm³/mol. The second-order valence-corrected chi connectivity index (χ2v) is 31.0. The lowest BCUT2D eigenvalue weighted by atomic mass is 10.0. The van der Waals surface area contributed by atoms with E-state index in [0.29, 0.717) is 25.7 Å². The van der Waals surface area contributed by atoms with Crippen molar-refractivity contribution in [2.45, 2.75) is 438 Å². The van der Waals surface area contributed by atoms with Crippen molar-refractivity contribution in [2.24, 2.45) is 0 Å². The number of rotatable bonds is 79. The average molecular weight is 1420 g/mol. The Hall–Kier alpha value is -1.94. The van der Waals surface area contributed by atoms with Gasteiger partial charge in [-0.1, -0.05) is 368 Å². The molecule has 0 aliphatic heterocycles. The Balaban J connectivity index is 5.22. The Kier molecular flexibility index (Phi) is 71.0. The molecule has 97 heavy (non-hydrogen) atoms. The molecule has 0 heterocycles. The number of ether oxygens (including phenoxy) is 4. The minimum absolute atomic E-state index is 0.109. The van der Waals surface area contributed by atoms with Crippen LogP contribution in [0.25, 0.3) is 0 Å². The summed E-state index contributed by atoms with van der Waals surface area (Å²) < 4.78 is 68.6. The predicted octanol–water partition coefficient (Wildman–Crippen LogP) is 23.4. The second-order valence-electron chi connectivity index (χ2n) is 28.1. The molecule has 0 aliphatic carbocycles. The van der Waals surface area contributed by atoms with Gasteiger partial charge in [-0.2, -0.15) is 0 Å². The molecule has 5 atom stereocenters. The Labute approximate surface area is 594 Å². The van der Waals surface area contributed by atoms with Gasteiger partial charge in [0.25, 0.3) is 0 Å². The third-order valence-electron chi connectivity index (χ3n) is 18.4. The molecule has 0 rings (SSSR count). The van der Waals surface area contributed by atoms with Crippen LogP contribution in [0.5, 0.6) is 0 Å². The van der Waals surface area contributed by atoms with Crippen LogP contribution < -0.4 is 0 Å². The molecule has 0 aliphatic rings. The molecule has 0 saturated heterocycles. The zero-order valence-corrected chi connectivity index (χ0v) is 64.8. The molecule has 0 aromatic carbocycles. The van der Waals surface area contributed by atoms with Crippen LogP contribution >= 0.6 is 15.6 Å². The third kappa shape index (κ3) is 72.2. The minimum Gasteiger partial charge on any atom is -0.462 e. The molecule has 2 unspecified atom stereocenters. The summed E-state index contributed by atoms with van der Waals surface area (Å²) in [5, 5.41) is 10.6. The first-order chi connectivity index (χ1) is 47.2. The summed E-state index contributed by atoms with van der Waals surface area (Å²) in [6.45, 7) is 5.00. The lowest BCUT2D eigenvalue weighted by Gasteiger charge is -2.21. The molecule has 0 aromatic heterocycles. The number of aliphatic hydroxyl groups is 1. The third-order valence-corrected chi connectivity index (χ3v) is 20.3. The van der Waals surface area contributed by atoms with Gasteiger partial charge in [-0.25, -0.2) is 9.13 Å². The van der Waals surface area contributed by atoms with Gasteiger partial charge in [-0.3, -0.25) is 37.3 Å². The summed E-state index contributed by atoms with van der Waals surface area (Å²) in [5.41, 5.74) is 0. The highest BCUT2D eigenvalue weighted by molar-refractivity contribution is 7.47. The summed E-state index contributed by atoms with van der Waals surface area (Å²) in [6, 6.07) is 0. The molecule has 0 bridgehead atoms. The first-order valence-corrected chi connectivity index (χ1v) is 43.8. The van der Waals surface area contributed by atoms with Crippen molar-refractivity contribution in [3.05, 3.63) is 0 Å². The van der Waals surface area contributed by atoms with Gasteiger partial charge in [0, 0.05) is 25.7 Å². The van der Waals surface area contributed by atoms with E-state index >= 15 is 0 Å². The molecule has 19 heteroatoms. The molecular formula is C78H152O17P2. The largest absolute Gasteiger partial charge is 0.472 e. The fourth-order valence-electron chi connectivity index (χ4n) is 12.1. The van der Waals surface area contributed by atoms with Crippen LogP contribution in [0.15, 0.2) is 0 Å². The molecule has 0 fully saturated rings. The summed E-state index contributed by atoms with van der Waals surface area (Å²) in [4.78, 5) is 72.9. The quantitative estimate of drug-likeness (QED) is 0.0222. The number of hydrogen-bond acceptors (Lipinski definition) is 15. The monoisotopic (exact) mass is 1420 g/mol. The van der Waals surface area contributed by atoms with E-state index in [1.807, 2.05) is 0 Å². The van der Waals surface area contributed by atoms with Crippen molar-refractivity contribution in [3.63, 3.8) is 0 Å². The van der Waals surface area contributed by atoms with Crippen LogP contribution in [-0.4, -0.2) is 96.7 Å². The summed E-state index contributed by atoms with van der Waals surface area (Å²) in [5.74, 6) is -2.11. The fourth-order valence-corrected chi connectivity index (χ4v) is 13.7. The van der Waals surface area contributed by atoms with Crippen molar-refractivity contribution in [1.29, 1.82) is 0 Å². The Morgan fingerprint density at radius 3 is 0.608 bits per heavy atom. The van der Waals surface area contributed by atoms with E-state index in [1.54, 1.807) is 0 Å². The van der Waals surface area contributed by atoms with Crippen LogP contribution in [-0.2, 0) is 65.4 Å². The molecule has 0 amide bonds. The van der Waals surface area contributed by atoms with E-state index in [2.05, 4.69) is 27.7 Å². The lowest BCUT2D eigenvalue weighted by Crippen LogP contribution is -2.30. The van der Waals surface area contributed by atoms with Gasteiger partial charge in [0.05, 0.1) is 26.4 Å². The normalized spacial score (nSPS) is 13.8. The van der Waals surface area contributed by atoms with Crippen LogP contribution in [0.2, 0.25) is 0 Å². The summed E-state index contributed by atoms with van der Waals surface area (Å²) in [7, 11) is -9.91. The zero-order chi connectivity index (χ0) is 71.1. The first kappa shape index (κ1) is 95.1. The Morgan fingerprint density at radius 1 is 0.247 bits per heavy atom. The molecule has 0 aromatic rings. The number of carbonyl (C=O) groups is 4. The Bertz CT molecular complexity index is 1840. The maximum atomic E-state index is 13.1. The van der Waals surface area contributed by atoms with Gasteiger partial charge in [0.15, 0.2) is 12.2 Å². The standard InChI is InChI=1S/C78H152O17P2/c1-5-9-13-17-21-25-28-31-34-36-39-42-45-49-53-57-61-65-78(83)95-74(69-89-76(81)63-59-55-51-47-43-40-38-35-32-29-26-22-18-14-10-6-2)71-93-97(86,87)91-67-72(79)66-90-96(84,85)92-70-73(68-88-75(80)62-58-54-50-46-24-20-16-12-8-4)94-77(82)64-60-56-52-48-44-41-37-33-30-27-23-19-15-11-7-3/h72-74,79H,5-71H2,1-4H3,(H,84,85)(H,86,87)/t72-,73+,74+/m0/s1. The number of carbonyl (C=O) groups excluding carboxylic acids is 4. The number of hydrogen-bond donors (Lipinski definition) is 3. The van der Waals surface area contributed by atoms with Crippen molar-refractivity contribution in [2.75, 3.05) is 39.6 Å². The van der Waals surface area contributed by atoms with Crippen LogP contribution in [0.3, 0.4) is 0 Å². The lowest BCUT2D eigenvalue weighted by molar-refractivity contribution is -0.161. The van der Waals surface area contributed by atoms with Gasteiger partial charge in [-0.15, -0.1) is 0 Å². The highest BCUT2D eigenvalue weighted by atomic mass is 31.2. The highest BCUT2D eigenvalue weighted by Gasteiger charge is 2.30. The number of esters is 4. The van der Waals surface area contributed by atoms with Gasteiger partial charge >= 0.3 is 39.5 Å². The van der Waals surface area contributed by atoms with E-state index in [1.165, 1.54) is 250 Å². The Morgan fingerprint density at radius 2 is 0.412 bits per heavy atom. The van der Waals surface area contributed by atoms with Crippen molar-refractivity contribution < 1.29 is 80.2 Å². The number of phosphoric ester groups is 2. The molecule has 576 valence electrons. The zero-order valence-electron chi connectivity index (χ0n) is 63.1. The van der Waals surface area contributed by atoms with E-state index in [4.69, 9.17) is 37.0 Å².